The lowest BCUT2D eigenvalue weighted by Crippen LogP contribution is -1.96. The zero-order valence-electron chi connectivity index (χ0n) is 9.07. The maximum atomic E-state index is 11.1. The molecule has 5 nitrogen and oxygen atoms in total. The van der Waals surface area contributed by atoms with Crippen LogP contribution in [0.3, 0.4) is 0 Å². The predicted octanol–water partition coefficient (Wildman–Crippen LogP) is 2.59. The van der Waals surface area contributed by atoms with Crippen LogP contribution < -0.4 is 0 Å². The number of hydrogen-bond donors (Lipinski definition) is 0. The van der Waals surface area contributed by atoms with Gasteiger partial charge in [0.1, 0.15) is 0 Å². The minimum absolute atomic E-state index is 0.0134. The maximum Gasteiger partial charge on any atom is 0.269 e. The van der Waals surface area contributed by atoms with Gasteiger partial charge in [-0.1, -0.05) is 18.7 Å². The van der Waals surface area contributed by atoms with Crippen LogP contribution >= 0.6 is 11.8 Å². The summed E-state index contributed by atoms with van der Waals surface area (Å²) in [6.07, 6.45) is 0. The van der Waals surface area contributed by atoms with Crippen molar-refractivity contribution in [2.75, 3.05) is 5.75 Å². The van der Waals surface area contributed by atoms with Crippen LogP contribution in [-0.2, 0) is 9.84 Å². The monoisotopic (exact) mass is 273 g/mol. The smallest absolute Gasteiger partial charge is 0.258 e. The molecular weight excluding hydrogens is 262 g/mol. The lowest BCUT2D eigenvalue weighted by Gasteiger charge is -1.96. The normalized spacial score (nSPS) is 11.8. The summed E-state index contributed by atoms with van der Waals surface area (Å²) in [6, 6.07) is 5.91. The molecule has 0 saturated heterocycles. The highest BCUT2D eigenvalue weighted by Crippen LogP contribution is 2.22. The molecule has 1 rings (SSSR count). The second-order valence-electron chi connectivity index (χ2n) is 3.09. The third kappa shape index (κ3) is 4.58. The van der Waals surface area contributed by atoms with Crippen molar-refractivity contribution in [1.82, 2.24) is 0 Å². The number of non-ortho nitro benzene ring substituents is 1. The van der Waals surface area contributed by atoms with Gasteiger partial charge in [0.15, 0.2) is 9.84 Å². The van der Waals surface area contributed by atoms with Gasteiger partial charge < -0.3 is 0 Å². The number of nitro benzene ring substituents is 1. The Morgan fingerprint density at radius 1 is 1.35 bits per heavy atom. The van der Waals surface area contributed by atoms with Crippen LogP contribution in [0.4, 0.5) is 5.69 Å². The van der Waals surface area contributed by atoms with E-state index in [-0.39, 0.29) is 11.4 Å². The highest BCUT2D eigenvalue weighted by atomic mass is 32.2. The molecule has 0 bridgehead atoms. The van der Waals surface area contributed by atoms with Gasteiger partial charge in [-0.15, -0.1) is 0 Å². The highest BCUT2D eigenvalue weighted by molar-refractivity contribution is 8.03. The first-order valence-electron chi connectivity index (χ1n) is 4.75. The third-order valence-electron chi connectivity index (χ3n) is 1.92. The molecule has 0 spiro atoms. The molecule has 0 atom stereocenters. The van der Waals surface area contributed by atoms with E-state index in [0.29, 0.717) is 0 Å². The van der Waals surface area contributed by atoms with Crippen LogP contribution in [0.15, 0.2) is 40.0 Å². The average molecular weight is 273 g/mol. The summed E-state index contributed by atoms with van der Waals surface area (Å²) < 4.78 is 22.3. The Morgan fingerprint density at radius 2 is 1.94 bits per heavy atom. The largest absolute Gasteiger partial charge is 0.269 e. The lowest BCUT2D eigenvalue weighted by atomic mass is 10.3. The standard InChI is InChI=1S/C10H11NO4S2/c1-2-17(14,15)8-7-16-10-5-3-9(4-6-10)11(12)13/h3-8H,2H2,1H3/b8-7+. The molecule has 17 heavy (non-hydrogen) atoms. The Kier molecular flexibility index (Phi) is 4.71. The summed E-state index contributed by atoms with van der Waals surface area (Å²) in [6.45, 7) is 1.57. The number of nitro groups is 1. The van der Waals surface area contributed by atoms with Crippen molar-refractivity contribution < 1.29 is 13.3 Å². The van der Waals surface area contributed by atoms with Crippen LogP contribution in [0.5, 0.6) is 0 Å². The summed E-state index contributed by atoms with van der Waals surface area (Å²) in [7, 11) is -3.12. The third-order valence-corrected chi connectivity index (χ3v) is 4.26. The number of rotatable bonds is 5. The second kappa shape index (κ2) is 5.83. The van der Waals surface area contributed by atoms with E-state index in [1.165, 1.54) is 29.3 Å². The van der Waals surface area contributed by atoms with E-state index < -0.39 is 14.8 Å². The van der Waals surface area contributed by atoms with E-state index in [0.717, 1.165) is 10.3 Å². The molecule has 0 heterocycles. The number of nitrogens with zero attached hydrogens (tertiary/aromatic N) is 1. The van der Waals surface area contributed by atoms with Gasteiger partial charge in [0.2, 0.25) is 0 Å². The molecule has 0 fully saturated rings. The van der Waals surface area contributed by atoms with Crippen molar-refractivity contribution in [1.29, 1.82) is 0 Å². The molecule has 0 aliphatic rings. The number of hydrogen-bond acceptors (Lipinski definition) is 5. The molecule has 0 aliphatic heterocycles. The van der Waals surface area contributed by atoms with E-state index in [1.807, 2.05) is 0 Å². The number of thioether (sulfide) groups is 1. The molecule has 0 radical (unpaired) electrons. The Bertz CT molecular complexity index is 520. The fraction of sp³-hybridized carbons (Fsp3) is 0.200. The van der Waals surface area contributed by atoms with Crippen molar-refractivity contribution in [2.24, 2.45) is 0 Å². The quantitative estimate of drug-likeness (QED) is 0.468. The average Bonchev–Trinajstić information content (AvgIpc) is 2.29. The number of sulfone groups is 1. The van der Waals surface area contributed by atoms with Crippen molar-refractivity contribution in [3.63, 3.8) is 0 Å². The zero-order chi connectivity index (χ0) is 12.9. The summed E-state index contributed by atoms with van der Waals surface area (Å²) >= 11 is 1.20. The summed E-state index contributed by atoms with van der Waals surface area (Å²) in [5.41, 5.74) is 0.0134. The van der Waals surface area contributed by atoms with E-state index in [4.69, 9.17) is 0 Å². The van der Waals surface area contributed by atoms with Gasteiger partial charge in [-0.05, 0) is 17.5 Å². The van der Waals surface area contributed by atoms with Crippen LogP contribution in [0.1, 0.15) is 6.92 Å². The fourth-order valence-electron chi connectivity index (χ4n) is 0.934. The van der Waals surface area contributed by atoms with Crippen molar-refractivity contribution in [3.05, 3.63) is 45.2 Å². The van der Waals surface area contributed by atoms with Gasteiger partial charge in [-0.2, -0.15) is 0 Å². The molecule has 92 valence electrons. The Labute approximate surface area is 104 Å². The summed E-state index contributed by atoms with van der Waals surface area (Å²) in [5, 5.41) is 13.0. The first-order valence-corrected chi connectivity index (χ1v) is 7.34. The molecule has 0 saturated carbocycles. The Morgan fingerprint density at radius 3 is 2.41 bits per heavy atom. The number of benzene rings is 1. The molecule has 0 amide bonds. The van der Waals surface area contributed by atoms with Gasteiger partial charge in [0.25, 0.3) is 5.69 Å². The first kappa shape index (κ1) is 13.7. The zero-order valence-corrected chi connectivity index (χ0v) is 10.7. The van der Waals surface area contributed by atoms with Crippen molar-refractivity contribution in [3.8, 4) is 0 Å². The molecule has 7 heteroatoms. The lowest BCUT2D eigenvalue weighted by molar-refractivity contribution is -0.384. The van der Waals surface area contributed by atoms with Crippen LogP contribution in [0, 0.1) is 10.1 Å². The molecule has 1 aromatic rings. The van der Waals surface area contributed by atoms with Gasteiger partial charge in [0, 0.05) is 22.4 Å². The second-order valence-corrected chi connectivity index (χ2v) is 6.25. The van der Waals surface area contributed by atoms with Gasteiger partial charge in [0.05, 0.1) is 10.7 Å². The Hall–Kier alpha value is -1.34. The van der Waals surface area contributed by atoms with E-state index in [2.05, 4.69) is 0 Å². The molecular formula is C10H11NO4S2. The molecule has 0 aromatic heterocycles. The topological polar surface area (TPSA) is 77.3 Å². The van der Waals surface area contributed by atoms with Crippen molar-refractivity contribution >= 4 is 27.3 Å². The molecule has 0 aliphatic carbocycles. The predicted molar refractivity (Wildman–Crippen MR) is 67.6 cm³/mol. The maximum absolute atomic E-state index is 11.1. The first-order chi connectivity index (χ1) is 7.94. The van der Waals surface area contributed by atoms with Crippen LogP contribution in [-0.4, -0.2) is 19.1 Å². The molecule has 1 aromatic carbocycles. The summed E-state index contributed by atoms with van der Waals surface area (Å²) in [5.74, 6) is 0.0598. The Balaban J connectivity index is 2.68. The van der Waals surface area contributed by atoms with E-state index in [1.54, 1.807) is 19.1 Å². The SMILES string of the molecule is CCS(=O)(=O)/C=C/Sc1ccc([N+](=O)[O-])cc1. The van der Waals surface area contributed by atoms with Crippen molar-refractivity contribution in [2.45, 2.75) is 11.8 Å². The molecule has 0 unspecified atom stereocenters. The van der Waals surface area contributed by atoms with E-state index >= 15 is 0 Å². The minimum atomic E-state index is -3.12. The highest BCUT2D eigenvalue weighted by Gasteiger charge is 2.04. The van der Waals surface area contributed by atoms with Crippen LogP contribution in [0.2, 0.25) is 0 Å². The fourth-order valence-corrected chi connectivity index (χ4v) is 2.48. The van der Waals surface area contributed by atoms with Crippen LogP contribution in [0.25, 0.3) is 0 Å². The van der Waals surface area contributed by atoms with Gasteiger partial charge in [-0.3, -0.25) is 10.1 Å². The van der Waals surface area contributed by atoms with E-state index in [9.17, 15) is 18.5 Å². The molecule has 0 N–H and O–H groups in total. The van der Waals surface area contributed by atoms with Gasteiger partial charge >= 0.3 is 0 Å². The van der Waals surface area contributed by atoms with Gasteiger partial charge in [-0.25, -0.2) is 8.42 Å². The minimum Gasteiger partial charge on any atom is -0.258 e. The summed E-state index contributed by atoms with van der Waals surface area (Å²) in [4.78, 5) is 10.7.